The van der Waals surface area contributed by atoms with Gasteiger partial charge in [-0.3, -0.25) is 4.90 Å². The number of hydrogen-bond donors (Lipinski definition) is 0. The van der Waals surface area contributed by atoms with Crippen molar-refractivity contribution in [3.63, 3.8) is 0 Å². The molecule has 1 aromatic rings. The molecule has 7 atom stereocenters. The van der Waals surface area contributed by atoms with E-state index in [2.05, 4.69) is 6.92 Å². The number of alkyl halides is 1. The Hall–Kier alpha value is -2.11. The lowest BCUT2D eigenvalue weighted by Gasteiger charge is -2.55. The van der Waals surface area contributed by atoms with Crippen molar-refractivity contribution in [1.82, 2.24) is 4.90 Å². The molecule has 1 amide bonds. The number of ether oxygens (including phenoxy) is 2. The average Bonchev–Trinajstić information content (AvgIpc) is 3.42. The van der Waals surface area contributed by atoms with Gasteiger partial charge in [-0.25, -0.2) is 14.0 Å². The standard InChI is InChI=1S/C25H34FNO4/c1-15-12-17(15)13-19-20-11-10-18(21(19)26)22(27(20)24(29)31-25(2,3)4)23(28)30-14-16-8-6-5-7-9-16/h5-9,15,17-22H,10-14H2,1-4H3/t15-,17?,18-,19+,20+,21-,22+/m1/s1. The summed E-state index contributed by atoms with van der Waals surface area (Å²) in [7, 11) is 0. The van der Waals surface area contributed by atoms with Crippen LogP contribution in [0.25, 0.3) is 0 Å². The summed E-state index contributed by atoms with van der Waals surface area (Å²) in [5, 5.41) is 0. The van der Waals surface area contributed by atoms with E-state index < -0.39 is 35.8 Å². The van der Waals surface area contributed by atoms with Crippen molar-refractivity contribution >= 4 is 12.1 Å². The summed E-state index contributed by atoms with van der Waals surface area (Å²) in [5.41, 5.74) is 0.167. The van der Waals surface area contributed by atoms with Crippen LogP contribution in [0.2, 0.25) is 0 Å². The molecular weight excluding hydrogens is 397 g/mol. The predicted molar refractivity (Wildman–Crippen MR) is 115 cm³/mol. The van der Waals surface area contributed by atoms with E-state index in [1.165, 1.54) is 4.90 Å². The molecule has 31 heavy (non-hydrogen) atoms. The number of nitrogens with zero attached hydrogens (tertiary/aromatic N) is 1. The quantitative estimate of drug-likeness (QED) is 0.607. The number of carbonyl (C=O) groups is 2. The molecule has 2 heterocycles. The first-order chi connectivity index (χ1) is 14.7. The molecule has 2 aliphatic carbocycles. The van der Waals surface area contributed by atoms with Gasteiger partial charge in [0.1, 0.15) is 24.4 Å². The fourth-order valence-corrected chi connectivity index (χ4v) is 5.39. The molecule has 0 radical (unpaired) electrons. The minimum atomic E-state index is -1.10. The first-order valence-electron chi connectivity index (χ1n) is 11.5. The van der Waals surface area contributed by atoms with E-state index >= 15 is 4.39 Å². The summed E-state index contributed by atoms with van der Waals surface area (Å²) in [6.07, 6.45) is 1.56. The van der Waals surface area contributed by atoms with E-state index in [1.807, 2.05) is 30.3 Å². The maximum absolute atomic E-state index is 15.6. The molecule has 6 heteroatoms. The van der Waals surface area contributed by atoms with Crippen LogP contribution >= 0.6 is 0 Å². The molecule has 2 bridgehead atoms. The van der Waals surface area contributed by atoms with Crippen LogP contribution in [-0.4, -0.2) is 40.8 Å². The summed E-state index contributed by atoms with van der Waals surface area (Å²) < 4.78 is 26.8. The first kappa shape index (κ1) is 22.1. The lowest BCUT2D eigenvalue weighted by atomic mass is 9.66. The Morgan fingerprint density at radius 1 is 1.16 bits per heavy atom. The SMILES string of the molecule is C[C@@H]1CC1C[C@@H]1[C@H](F)[C@H]2CC[C@@H]1N(C(=O)OC(C)(C)C)[C@@H]2C(=O)OCc1ccccc1. The van der Waals surface area contributed by atoms with Crippen molar-refractivity contribution in [2.75, 3.05) is 0 Å². The number of hydrogen-bond acceptors (Lipinski definition) is 4. The molecule has 4 aliphatic rings. The van der Waals surface area contributed by atoms with Crippen LogP contribution in [0.15, 0.2) is 30.3 Å². The van der Waals surface area contributed by atoms with Gasteiger partial charge < -0.3 is 9.47 Å². The molecule has 4 fully saturated rings. The Kier molecular flexibility index (Phi) is 6.01. The van der Waals surface area contributed by atoms with Crippen molar-refractivity contribution in [1.29, 1.82) is 0 Å². The number of fused-ring (bicyclic) bond motifs is 3. The zero-order chi connectivity index (χ0) is 22.3. The smallest absolute Gasteiger partial charge is 0.411 e. The van der Waals surface area contributed by atoms with E-state index in [9.17, 15) is 9.59 Å². The molecule has 2 aliphatic heterocycles. The Bertz CT molecular complexity index is 807. The van der Waals surface area contributed by atoms with Gasteiger partial charge in [0.05, 0.1) is 0 Å². The van der Waals surface area contributed by atoms with Gasteiger partial charge in [0, 0.05) is 17.9 Å². The lowest BCUT2D eigenvalue weighted by Crippen LogP contribution is -2.68. The highest BCUT2D eigenvalue weighted by molar-refractivity contribution is 5.83. The topological polar surface area (TPSA) is 55.8 Å². The zero-order valence-corrected chi connectivity index (χ0v) is 18.9. The van der Waals surface area contributed by atoms with Crippen molar-refractivity contribution in [2.24, 2.45) is 23.7 Å². The van der Waals surface area contributed by atoms with Gasteiger partial charge in [-0.1, -0.05) is 37.3 Å². The van der Waals surface area contributed by atoms with Gasteiger partial charge in [-0.05, 0) is 63.9 Å². The summed E-state index contributed by atoms with van der Waals surface area (Å²) in [6, 6.07) is 8.13. The van der Waals surface area contributed by atoms with Gasteiger partial charge in [0.25, 0.3) is 0 Å². The summed E-state index contributed by atoms with van der Waals surface area (Å²) in [6.45, 7) is 7.70. The second-order valence-electron chi connectivity index (χ2n) is 10.6. The fraction of sp³-hybridized carbons (Fsp3) is 0.680. The molecule has 5 nitrogen and oxygen atoms in total. The van der Waals surface area contributed by atoms with Crippen LogP contribution < -0.4 is 0 Å². The van der Waals surface area contributed by atoms with Gasteiger partial charge in [-0.2, -0.15) is 0 Å². The second kappa shape index (κ2) is 8.44. The van der Waals surface area contributed by atoms with E-state index in [0.29, 0.717) is 24.7 Å². The Morgan fingerprint density at radius 3 is 2.45 bits per heavy atom. The molecule has 1 unspecified atom stereocenters. The highest BCUT2D eigenvalue weighted by Crippen LogP contribution is 2.52. The largest absolute Gasteiger partial charge is 0.459 e. The lowest BCUT2D eigenvalue weighted by molar-refractivity contribution is -0.170. The first-order valence-corrected chi connectivity index (χ1v) is 11.5. The van der Waals surface area contributed by atoms with E-state index in [-0.39, 0.29) is 18.6 Å². The number of carbonyl (C=O) groups excluding carboxylic acids is 2. The number of benzene rings is 1. The Labute approximate surface area is 184 Å². The molecular formula is C25H34FNO4. The number of halogens is 1. The third-order valence-corrected chi connectivity index (χ3v) is 7.09. The monoisotopic (exact) mass is 431 g/mol. The van der Waals surface area contributed by atoms with E-state index in [1.54, 1.807) is 20.8 Å². The number of amides is 1. The predicted octanol–water partition coefficient (Wildman–Crippen LogP) is 5.13. The van der Waals surface area contributed by atoms with Gasteiger partial charge in [0.2, 0.25) is 0 Å². The molecule has 170 valence electrons. The molecule has 5 rings (SSSR count). The Balaban J connectivity index is 1.55. The van der Waals surface area contributed by atoms with Crippen LogP contribution in [0.3, 0.4) is 0 Å². The van der Waals surface area contributed by atoms with Gasteiger partial charge >= 0.3 is 12.1 Å². The molecule has 2 saturated heterocycles. The van der Waals surface area contributed by atoms with E-state index in [0.717, 1.165) is 18.4 Å². The maximum Gasteiger partial charge on any atom is 0.411 e. The normalized spacial score (nSPS) is 34.4. The van der Waals surface area contributed by atoms with Crippen molar-refractivity contribution in [2.45, 2.75) is 83.8 Å². The van der Waals surface area contributed by atoms with Crippen LogP contribution in [0.5, 0.6) is 0 Å². The average molecular weight is 432 g/mol. The van der Waals surface area contributed by atoms with Crippen LogP contribution in [-0.2, 0) is 20.9 Å². The van der Waals surface area contributed by atoms with E-state index in [4.69, 9.17) is 9.47 Å². The van der Waals surface area contributed by atoms with Gasteiger partial charge in [-0.15, -0.1) is 0 Å². The fourth-order valence-electron chi connectivity index (χ4n) is 5.39. The van der Waals surface area contributed by atoms with Crippen LogP contribution in [0, 0.1) is 23.7 Å². The molecule has 0 spiro atoms. The molecule has 1 aromatic carbocycles. The number of rotatable bonds is 5. The third-order valence-electron chi connectivity index (χ3n) is 7.09. The highest BCUT2D eigenvalue weighted by atomic mass is 19.1. The molecule has 0 N–H and O–H groups in total. The second-order valence-corrected chi connectivity index (χ2v) is 10.6. The van der Waals surface area contributed by atoms with Crippen molar-refractivity contribution in [3.8, 4) is 0 Å². The number of esters is 1. The minimum absolute atomic E-state index is 0.107. The maximum atomic E-state index is 15.6. The molecule has 2 saturated carbocycles. The van der Waals surface area contributed by atoms with Crippen molar-refractivity contribution in [3.05, 3.63) is 35.9 Å². The summed E-state index contributed by atoms with van der Waals surface area (Å²) >= 11 is 0. The van der Waals surface area contributed by atoms with Crippen molar-refractivity contribution < 1.29 is 23.5 Å². The summed E-state index contributed by atoms with van der Waals surface area (Å²) in [5.74, 6) is -0.176. The highest BCUT2D eigenvalue weighted by Gasteiger charge is 2.59. The Morgan fingerprint density at radius 2 is 1.84 bits per heavy atom. The number of piperidine rings is 2. The van der Waals surface area contributed by atoms with Gasteiger partial charge in [0.15, 0.2) is 0 Å². The van der Waals surface area contributed by atoms with Crippen LogP contribution in [0.1, 0.15) is 58.9 Å². The van der Waals surface area contributed by atoms with Crippen LogP contribution in [0.4, 0.5) is 9.18 Å². The third kappa shape index (κ3) is 4.73. The minimum Gasteiger partial charge on any atom is -0.459 e. The summed E-state index contributed by atoms with van der Waals surface area (Å²) in [4.78, 5) is 27.9. The zero-order valence-electron chi connectivity index (χ0n) is 18.9. The molecule has 0 aromatic heterocycles.